The minimum Gasteiger partial charge on any atom is -0.481 e. The normalized spacial score (nSPS) is 13.7. The number of carboxylic acids is 1. The van der Waals surface area contributed by atoms with Crippen molar-refractivity contribution in [2.45, 2.75) is 44.6 Å². The van der Waals surface area contributed by atoms with Crippen LogP contribution in [0.2, 0.25) is 0 Å². The molecule has 180 valence electrons. The third-order valence-corrected chi connectivity index (χ3v) is 6.53. The standard InChI is InChI=1S/C27H29N5O3/c1-35-25-12-9-20(16-29-25)24(15-26(33)34)32-23-11-7-18(14-21(23)17-30-32)4-2-6-22-10-8-19-5-3-13-28-27(19)31-22/h7-12,14,16-17,24H,2-6,13,15H2,1H3,(H,28,31)(H,33,34). The molecule has 1 aliphatic rings. The number of nitrogens with one attached hydrogen (secondary N) is 1. The van der Waals surface area contributed by atoms with Crippen LogP contribution in [0, 0.1) is 0 Å². The predicted octanol–water partition coefficient (Wildman–Crippen LogP) is 4.43. The van der Waals surface area contributed by atoms with Crippen LogP contribution in [0.25, 0.3) is 10.9 Å². The lowest BCUT2D eigenvalue weighted by atomic mass is 10.0. The molecule has 4 aromatic rings. The first kappa shape index (κ1) is 22.8. The molecule has 1 aliphatic heterocycles. The highest BCUT2D eigenvalue weighted by Gasteiger charge is 2.21. The largest absolute Gasteiger partial charge is 0.481 e. The van der Waals surface area contributed by atoms with Crippen LogP contribution in [0.1, 0.15) is 47.7 Å². The Morgan fingerprint density at radius 1 is 1.17 bits per heavy atom. The number of ether oxygens (including phenoxy) is 1. The van der Waals surface area contributed by atoms with Gasteiger partial charge in [0.15, 0.2) is 0 Å². The number of anilines is 1. The Bertz CT molecular complexity index is 1330. The van der Waals surface area contributed by atoms with E-state index in [1.807, 2.05) is 12.1 Å². The summed E-state index contributed by atoms with van der Waals surface area (Å²) in [5.74, 6) is 0.641. The van der Waals surface area contributed by atoms with Crippen LogP contribution < -0.4 is 10.1 Å². The molecule has 0 aliphatic carbocycles. The summed E-state index contributed by atoms with van der Waals surface area (Å²) in [6, 6.07) is 13.7. The van der Waals surface area contributed by atoms with E-state index in [0.29, 0.717) is 5.88 Å². The monoisotopic (exact) mass is 471 g/mol. The van der Waals surface area contributed by atoms with Crippen LogP contribution in [0.3, 0.4) is 0 Å². The number of carbonyl (C=O) groups is 1. The number of hydrogen-bond donors (Lipinski definition) is 2. The Labute approximate surface area is 204 Å². The van der Waals surface area contributed by atoms with Gasteiger partial charge in [0.25, 0.3) is 0 Å². The van der Waals surface area contributed by atoms with E-state index in [9.17, 15) is 9.90 Å². The molecule has 0 fully saturated rings. The van der Waals surface area contributed by atoms with Gasteiger partial charge in [0.1, 0.15) is 5.82 Å². The lowest BCUT2D eigenvalue weighted by Crippen LogP contribution is -2.16. The number of aryl methyl sites for hydroxylation is 3. The molecule has 1 unspecified atom stereocenters. The molecule has 0 saturated heterocycles. The Hall–Kier alpha value is -3.94. The van der Waals surface area contributed by atoms with Crippen LogP contribution >= 0.6 is 0 Å². The summed E-state index contributed by atoms with van der Waals surface area (Å²) < 4.78 is 6.91. The molecule has 1 atom stereocenters. The van der Waals surface area contributed by atoms with Gasteiger partial charge in [-0.1, -0.05) is 12.1 Å². The van der Waals surface area contributed by atoms with Crippen molar-refractivity contribution in [2.24, 2.45) is 0 Å². The third-order valence-electron chi connectivity index (χ3n) is 6.53. The van der Waals surface area contributed by atoms with Crippen molar-refractivity contribution in [1.82, 2.24) is 19.7 Å². The molecule has 35 heavy (non-hydrogen) atoms. The van der Waals surface area contributed by atoms with Crippen LogP contribution in [0.15, 0.2) is 54.9 Å². The van der Waals surface area contributed by atoms with Gasteiger partial charge in [0.05, 0.1) is 31.3 Å². The first-order chi connectivity index (χ1) is 17.1. The number of aliphatic carboxylic acids is 1. The second-order valence-electron chi connectivity index (χ2n) is 8.92. The molecule has 0 spiro atoms. The fourth-order valence-electron chi connectivity index (χ4n) is 4.71. The number of hydrogen-bond acceptors (Lipinski definition) is 6. The van der Waals surface area contributed by atoms with Gasteiger partial charge in [0.2, 0.25) is 5.88 Å². The average Bonchev–Trinajstić information content (AvgIpc) is 3.30. The fraction of sp³-hybridized carbons (Fsp3) is 0.333. The van der Waals surface area contributed by atoms with Crippen molar-refractivity contribution in [3.05, 3.63) is 77.2 Å². The van der Waals surface area contributed by atoms with Crippen molar-refractivity contribution in [3.8, 4) is 5.88 Å². The van der Waals surface area contributed by atoms with E-state index in [1.165, 1.54) is 17.5 Å². The molecule has 0 amide bonds. The van der Waals surface area contributed by atoms with Gasteiger partial charge in [-0.15, -0.1) is 0 Å². The van der Waals surface area contributed by atoms with E-state index < -0.39 is 12.0 Å². The van der Waals surface area contributed by atoms with E-state index in [4.69, 9.17) is 9.72 Å². The highest BCUT2D eigenvalue weighted by molar-refractivity contribution is 5.80. The highest BCUT2D eigenvalue weighted by atomic mass is 16.5. The van der Waals surface area contributed by atoms with Gasteiger partial charge in [-0.2, -0.15) is 5.10 Å². The second kappa shape index (κ2) is 10.1. The lowest BCUT2D eigenvalue weighted by Gasteiger charge is -2.17. The van der Waals surface area contributed by atoms with E-state index >= 15 is 0 Å². The number of benzene rings is 1. The zero-order valence-electron chi connectivity index (χ0n) is 19.8. The summed E-state index contributed by atoms with van der Waals surface area (Å²) >= 11 is 0. The quantitative estimate of drug-likeness (QED) is 0.372. The van der Waals surface area contributed by atoms with Gasteiger partial charge in [-0.3, -0.25) is 9.48 Å². The molecular formula is C27H29N5O3. The summed E-state index contributed by atoms with van der Waals surface area (Å²) in [7, 11) is 1.55. The molecule has 0 radical (unpaired) electrons. The van der Waals surface area contributed by atoms with Crippen molar-refractivity contribution in [3.63, 3.8) is 0 Å². The van der Waals surface area contributed by atoms with Crippen molar-refractivity contribution in [1.29, 1.82) is 0 Å². The van der Waals surface area contributed by atoms with Crippen LogP contribution in [0.5, 0.6) is 5.88 Å². The van der Waals surface area contributed by atoms with E-state index in [2.05, 4.69) is 39.7 Å². The second-order valence-corrected chi connectivity index (χ2v) is 8.92. The van der Waals surface area contributed by atoms with Crippen LogP contribution in [-0.4, -0.2) is 44.5 Å². The average molecular weight is 472 g/mol. The Kier molecular flexibility index (Phi) is 6.61. The first-order valence-electron chi connectivity index (χ1n) is 12.0. The van der Waals surface area contributed by atoms with Gasteiger partial charge >= 0.3 is 5.97 Å². The maximum atomic E-state index is 11.6. The summed E-state index contributed by atoms with van der Waals surface area (Å²) in [4.78, 5) is 20.7. The SMILES string of the molecule is COc1ccc(C(CC(=O)O)n2ncc3cc(CCCc4ccc5c(n4)NCCC5)ccc32)cn1. The van der Waals surface area contributed by atoms with E-state index in [-0.39, 0.29) is 6.42 Å². The number of carboxylic acid groups (broad SMARTS) is 1. The molecule has 8 nitrogen and oxygen atoms in total. The molecule has 8 heteroatoms. The molecule has 0 bridgehead atoms. The molecule has 5 rings (SSSR count). The van der Waals surface area contributed by atoms with Gasteiger partial charge < -0.3 is 15.2 Å². The van der Waals surface area contributed by atoms with Gasteiger partial charge in [-0.25, -0.2) is 9.97 Å². The van der Waals surface area contributed by atoms with Gasteiger partial charge in [-0.05, 0) is 73.1 Å². The van der Waals surface area contributed by atoms with Gasteiger partial charge in [0, 0.05) is 29.9 Å². The molecule has 1 aromatic carbocycles. The Morgan fingerprint density at radius 2 is 2.09 bits per heavy atom. The number of aromatic nitrogens is 4. The fourth-order valence-corrected chi connectivity index (χ4v) is 4.71. The smallest absolute Gasteiger partial charge is 0.305 e. The molecule has 2 N–H and O–H groups in total. The third kappa shape index (κ3) is 5.11. The molecule has 3 aromatic heterocycles. The van der Waals surface area contributed by atoms with Crippen molar-refractivity contribution >= 4 is 22.7 Å². The number of methoxy groups -OCH3 is 1. The predicted molar refractivity (Wildman–Crippen MR) is 134 cm³/mol. The molecule has 0 saturated carbocycles. The van der Waals surface area contributed by atoms with Crippen molar-refractivity contribution < 1.29 is 14.6 Å². The number of fused-ring (bicyclic) bond motifs is 2. The Morgan fingerprint density at radius 3 is 2.89 bits per heavy atom. The van der Waals surface area contributed by atoms with E-state index in [1.54, 1.807) is 30.3 Å². The molecule has 4 heterocycles. The highest BCUT2D eigenvalue weighted by Crippen LogP contribution is 2.28. The maximum Gasteiger partial charge on any atom is 0.305 e. The number of rotatable bonds is 9. The zero-order valence-corrected chi connectivity index (χ0v) is 19.8. The topological polar surface area (TPSA) is 102 Å². The summed E-state index contributed by atoms with van der Waals surface area (Å²) in [5, 5.41) is 18.5. The Balaban J connectivity index is 1.30. The first-order valence-corrected chi connectivity index (χ1v) is 12.0. The summed E-state index contributed by atoms with van der Waals surface area (Å²) in [6.45, 7) is 0.999. The summed E-state index contributed by atoms with van der Waals surface area (Å²) in [6.07, 6.45) is 8.51. The van der Waals surface area contributed by atoms with E-state index in [0.717, 1.165) is 60.2 Å². The van der Waals surface area contributed by atoms with Crippen LogP contribution in [-0.2, 0) is 24.1 Å². The zero-order chi connectivity index (χ0) is 24.2. The summed E-state index contributed by atoms with van der Waals surface area (Å²) in [5.41, 5.74) is 5.34. The minimum atomic E-state index is -0.892. The minimum absolute atomic E-state index is 0.0881. The maximum absolute atomic E-state index is 11.6. The number of nitrogens with zero attached hydrogens (tertiary/aromatic N) is 4. The van der Waals surface area contributed by atoms with Crippen molar-refractivity contribution in [2.75, 3.05) is 19.0 Å². The van der Waals surface area contributed by atoms with Crippen LogP contribution in [0.4, 0.5) is 5.82 Å². The molecular weight excluding hydrogens is 442 g/mol. The lowest BCUT2D eigenvalue weighted by molar-refractivity contribution is -0.137. The number of pyridine rings is 2.